The van der Waals surface area contributed by atoms with E-state index < -0.39 is 9.84 Å². The second-order valence-corrected chi connectivity index (χ2v) is 7.47. The standard InChI is InChI=1S/C12H15Cl2NO2S/c1-9-8-18(16,17)5-4-15(9)11-3-2-10(7-13)12(14)6-11/h2-3,6,9H,4-5,7-8H2,1H3. The Morgan fingerprint density at radius 2 is 2.17 bits per heavy atom. The fourth-order valence-corrected chi connectivity index (χ4v) is 4.30. The first-order valence-electron chi connectivity index (χ1n) is 5.74. The molecule has 0 aliphatic carbocycles. The molecule has 1 aliphatic heterocycles. The van der Waals surface area contributed by atoms with E-state index in [-0.39, 0.29) is 17.5 Å². The zero-order valence-corrected chi connectivity index (χ0v) is 12.4. The van der Waals surface area contributed by atoms with Gasteiger partial charge in [-0.25, -0.2) is 8.42 Å². The highest BCUT2D eigenvalue weighted by atomic mass is 35.5. The molecule has 0 aromatic heterocycles. The molecule has 1 aromatic carbocycles. The highest BCUT2D eigenvalue weighted by Gasteiger charge is 2.28. The number of nitrogens with zero attached hydrogens (tertiary/aromatic N) is 1. The van der Waals surface area contributed by atoms with E-state index in [0.29, 0.717) is 17.4 Å². The lowest BCUT2D eigenvalue weighted by molar-refractivity contribution is 0.568. The average molecular weight is 308 g/mol. The molecule has 0 amide bonds. The van der Waals surface area contributed by atoms with Crippen LogP contribution in [-0.4, -0.2) is 32.5 Å². The number of hydrogen-bond donors (Lipinski definition) is 0. The second-order valence-electron chi connectivity index (χ2n) is 4.57. The number of halogens is 2. The molecular formula is C12H15Cl2NO2S. The zero-order chi connectivity index (χ0) is 13.3. The first-order valence-corrected chi connectivity index (χ1v) is 8.48. The number of alkyl halides is 1. The molecule has 100 valence electrons. The summed E-state index contributed by atoms with van der Waals surface area (Å²) in [6.45, 7) is 2.43. The van der Waals surface area contributed by atoms with Gasteiger partial charge in [0, 0.05) is 29.2 Å². The summed E-state index contributed by atoms with van der Waals surface area (Å²) < 4.78 is 23.1. The monoisotopic (exact) mass is 307 g/mol. The first-order chi connectivity index (χ1) is 8.43. The Kier molecular flexibility index (Phi) is 4.09. The average Bonchev–Trinajstić information content (AvgIpc) is 2.27. The maximum Gasteiger partial charge on any atom is 0.154 e. The van der Waals surface area contributed by atoms with Crippen molar-refractivity contribution in [2.45, 2.75) is 18.8 Å². The lowest BCUT2D eigenvalue weighted by Crippen LogP contribution is -2.47. The quantitative estimate of drug-likeness (QED) is 0.788. The van der Waals surface area contributed by atoms with Crippen LogP contribution < -0.4 is 4.90 Å². The van der Waals surface area contributed by atoms with E-state index in [1.54, 1.807) is 0 Å². The van der Waals surface area contributed by atoms with Gasteiger partial charge in [-0.2, -0.15) is 0 Å². The SMILES string of the molecule is CC1CS(=O)(=O)CCN1c1ccc(CCl)c(Cl)c1. The van der Waals surface area contributed by atoms with Crippen LogP contribution in [0.2, 0.25) is 5.02 Å². The molecule has 1 aromatic rings. The molecular weight excluding hydrogens is 293 g/mol. The van der Waals surface area contributed by atoms with Crippen molar-refractivity contribution in [3.63, 3.8) is 0 Å². The van der Waals surface area contributed by atoms with Gasteiger partial charge in [0.2, 0.25) is 0 Å². The van der Waals surface area contributed by atoms with Gasteiger partial charge in [0.05, 0.1) is 11.5 Å². The molecule has 3 nitrogen and oxygen atoms in total. The number of anilines is 1. The van der Waals surface area contributed by atoms with E-state index in [0.717, 1.165) is 11.3 Å². The molecule has 0 N–H and O–H groups in total. The van der Waals surface area contributed by atoms with Crippen LogP contribution in [0.4, 0.5) is 5.69 Å². The van der Waals surface area contributed by atoms with Gasteiger partial charge in [0.25, 0.3) is 0 Å². The van der Waals surface area contributed by atoms with Crippen molar-refractivity contribution in [2.75, 3.05) is 23.0 Å². The summed E-state index contributed by atoms with van der Waals surface area (Å²) in [6, 6.07) is 5.66. The van der Waals surface area contributed by atoms with Gasteiger partial charge in [-0.15, -0.1) is 11.6 Å². The van der Waals surface area contributed by atoms with Crippen molar-refractivity contribution >= 4 is 38.7 Å². The topological polar surface area (TPSA) is 37.4 Å². The first kappa shape index (κ1) is 14.0. The highest BCUT2D eigenvalue weighted by Crippen LogP contribution is 2.27. The van der Waals surface area contributed by atoms with Gasteiger partial charge in [0.15, 0.2) is 9.84 Å². The van der Waals surface area contributed by atoms with Gasteiger partial charge in [-0.1, -0.05) is 17.7 Å². The van der Waals surface area contributed by atoms with Crippen molar-refractivity contribution in [3.05, 3.63) is 28.8 Å². The van der Waals surface area contributed by atoms with Crippen molar-refractivity contribution in [3.8, 4) is 0 Å². The van der Waals surface area contributed by atoms with Crippen molar-refractivity contribution in [1.29, 1.82) is 0 Å². The van der Waals surface area contributed by atoms with E-state index >= 15 is 0 Å². The minimum atomic E-state index is -2.89. The van der Waals surface area contributed by atoms with Gasteiger partial charge >= 0.3 is 0 Å². The molecule has 18 heavy (non-hydrogen) atoms. The summed E-state index contributed by atoms with van der Waals surface area (Å²) in [5.41, 5.74) is 1.84. The van der Waals surface area contributed by atoms with Crippen LogP contribution in [0.5, 0.6) is 0 Å². The van der Waals surface area contributed by atoms with E-state index in [9.17, 15) is 8.42 Å². The Hall–Kier alpha value is -0.450. The molecule has 1 aliphatic rings. The van der Waals surface area contributed by atoms with E-state index in [2.05, 4.69) is 4.90 Å². The van der Waals surface area contributed by atoms with Gasteiger partial charge in [-0.05, 0) is 24.6 Å². The maximum atomic E-state index is 11.5. The second kappa shape index (κ2) is 5.27. The van der Waals surface area contributed by atoms with Crippen molar-refractivity contribution in [1.82, 2.24) is 0 Å². The summed E-state index contributed by atoms with van der Waals surface area (Å²) in [4.78, 5) is 2.07. The number of hydrogen-bond acceptors (Lipinski definition) is 3. The van der Waals surface area contributed by atoms with Crippen LogP contribution in [0.15, 0.2) is 18.2 Å². The van der Waals surface area contributed by atoms with Crippen LogP contribution in [0.25, 0.3) is 0 Å². The Morgan fingerprint density at radius 3 is 2.72 bits per heavy atom. The minimum Gasteiger partial charge on any atom is -0.367 e. The highest BCUT2D eigenvalue weighted by molar-refractivity contribution is 7.91. The fourth-order valence-electron chi connectivity index (χ4n) is 2.21. The lowest BCUT2D eigenvalue weighted by Gasteiger charge is -2.35. The molecule has 0 spiro atoms. The Balaban J connectivity index is 2.25. The molecule has 1 heterocycles. The Labute approximate surface area is 118 Å². The zero-order valence-electron chi connectivity index (χ0n) is 10.1. The number of rotatable bonds is 2. The summed E-state index contributed by atoms with van der Waals surface area (Å²) in [6.07, 6.45) is 0. The summed E-state index contributed by atoms with van der Waals surface area (Å²) in [7, 11) is -2.89. The van der Waals surface area contributed by atoms with E-state index in [1.807, 2.05) is 25.1 Å². The third-order valence-electron chi connectivity index (χ3n) is 3.18. The van der Waals surface area contributed by atoms with Gasteiger partial charge in [0.1, 0.15) is 0 Å². The summed E-state index contributed by atoms with van der Waals surface area (Å²) in [5.74, 6) is 0.775. The predicted octanol–water partition coefficient (Wildman–Crippen LogP) is 2.70. The molecule has 1 atom stereocenters. The number of sulfone groups is 1. The minimum absolute atomic E-state index is 0.0262. The largest absolute Gasteiger partial charge is 0.367 e. The molecule has 0 radical (unpaired) electrons. The summed E-state index contributed by atoms with van der Waals surface area (Å²) >= 11 is 11.9. The van der Waals surface area contributed by atoms with Gasteiger partial charge < -0.3 is 4.90 Å². The molecule has 2 rings (SSSR count). The molecule has 1 saturated heterocycles. The van der Waals surface area contributed by atoms with Crippen LogP contribution >= 0.6 is 23.2 Å². The van der Waals surface area contributed by atoms with Crippen molar-refractivity contribution in [2.24, 2.45) is 0 Å². The third kappa shape index (κ3) is 2.92. The summed E-state index contributed by atoms with van der Waals surface area (Å²) in [5, 5.41) is 0.628. The molecule has 1 unspecified atom stereocenters. The third-order valence-corrected chi connectivity index (χ3v) is 5.62. The van der Waals surface area contributed by atoms with Gasteiger partial charge in [-0.3, -0.25) is 0 Å². The van der Waals surface area contributed by atoms with E-state index in [4.69, 9.17) is 23.2 Å². The fraction of sp³-hybridized carbons (Fsp3) is 0.500. The van der Waals surface area contributed by atoms with Crippen LogP contribution in [0.3, 0.4) is 0 Å². The Morgan fingerprint density at radius 1 is 1.44 bits per heavy atom. The number of benzene rings is 1. The van der Waals surface area contributed by atoms with Crippen molar-refractivity contribution < 1.29 is 8.42 Å². The molecule has 0 bridgehead atoms. The van der Waals surface area contributed by atoms with Crippen LogP contribution in [0.1, 0.15) is 12.5 Å². The maximum absolute atomic E-state index is 11.5. The molecule has 1 fully saturated rings. The Bertz CT molecular complexity index is 545. The normalized spacial score (nSPS) is 23.1. The predicted molar refractivity (Wildman–Crippen MR) is 76.5 cm³/mol. The molecule has 6 heteroatoms. The molecule has 0 saturated carbocycles. The lowest BCUT2D eigenvalue weighted by atomic mass is 10.2. The van der Waals surface area contributed by atoms with Crippen LogP contribution in [-0.2, 0) is 15.7 Å². The smallest absolute Gasteiger partial charge is 0.154 e. The van der Waals surface area contributed by atoms with E-state index in [1.165, 1.54) is 0 Å². The van der Waals surface area contributed by atoms with Crippen LogP contribution in [0, 0.1) is 0 Å².